The van der Waals surface area contributed by atoms with Crippen LogP contribution in [0, 0.1) is 0 Å². The monoisotopic (exact) mass is 196 g/mol. The summed E-state index contributed by atoms with van der Waals surface area (Å²) in [5.41, 5.74) is 0. The molecular weight excluding hydrogens is 184 g/mol. The molecule has 0 amide bonds. The third-order valence-electron chi connectivity index (χ3n) is 2.28. The maximum atomic E-state index is 11.0. The Kier molecular flexibility index (Phi) is 2.25. The minimum atomic E-state index is -0.407. The molecule has 5 nitrogen and oxygen atoms in total. The minimum Gasteiger partial charge on any atom is -0.483 e. The zero-order valence-electron chi connectivity index (χ0n) is 8.14. The summed E-state index contributed by atoms with van der Waals surface area (Å²) in [5, 5.41) is 3.96. The highest BCUT2D eigenvalue weighted by molar-refractivity contribution is 5.90. The van der Waals surface area contributed by atoms with Crippen LogP contribution in [0.25, 0.3) is 0 Å². The molecule has 1 heterocycles. The van der Waals surface area contributed by atoms with Crippen molar-refractivity contribution in [1.82, 2.24) is 9.78 Å². The largest absolute Gasteiger partial charge is 0.483 e. The van der Waals surface area contributed by atoms with Gasteiger partial charge in [-0.15, -0.1) is 0 Å². The maximum absolute atomic E-state index is 11.0. The maximum Gasteiger partial charge on any atom is 0.169 e. The van der Waals surface area contributed by atoms with Crippen molar-refractivity contribution in [2.75, 3.05) is 7.11 Å². The number of carbonyl (C=O) groups excluding carboxylic acids is 1. The molecule has 1 aromatic rings. The van der Waals surface area contributed by atoms with Gasteiger partial charge in [-0.05, 0) is 0 Å². The van der Waals surface area contributed by atoms with Crippen molar-refractivity contribution < 1.29 is 14.3 Å². The smallest absolute Gasteiger partial charge is 0.169 e. The van der Waals surface area contributed by atoms with Crippen LogP contribution in [0.1, 0.15) is 6.42 Å². The summed E-state index contributed by atoms with van der Waals surface area (Å²) < 4.78 is 12.2. The molecule has 1 aromatic heterocycles. The molecule has 14 heavy (non-hydrogen) atoms. The van der Waals surface area contributed by atoms with Crippen LogP contribution in [0.5, 0.6) is 5.75 Å². The van der Waals surface area contributed by atoms with Crippen LogP contribution in [-0.2, 0) is 16.6 Å². The van der Waals surface area contributed by atoms with Gasteiger partial charge >= 0.3 is 0 Å². The van der Waals surface area contributed by atoms with Crippen LogP contribution in [0.4, 0.5) is 0 Å². The average molecular weight is 196 g/mol. The minimum absolute atomic E-state index is 0.0985. The zero-order chi connectivity index (χ0) is 10.1. The van der Waals surface area contributed by atoms with Gasteiger partial charge < -0.3 is 9.47 Å². The lowest BCUT2D eigenvalue weighted by Gasteiger charge is -2.33. The molecule has 0 saturated heterocycles. The van der Waals surface area contributed by atoms with E-state index in [2.05, 4.69) is 5.10 Å². The fraction of sp³-hybridized carbons (Fsp3) is 0.556. The van der Waals surface area contributed by atoms with Crippen LogP contribution in [0.15, 0.2) is 12.4 Å². The molecule has 0 spiro atoms. The Bertz CT molecular complexity index is 348. The van der Waals surface area contributed by atoms with Crippen molar-refractivity contribution in [3.63, 3.8) is 0 Å². The lowest BCUT2D eigenvalue weighted by Crippen LogP contribution is -2.51. The number of ether oxygens (including phenoxy) is 2. The summed E-state index contributed by atoms with van der Waals surface area (Å²) in [7, 11) is 3.33. The highest BCUT2D eigenvalue weighted by Crippen LogP contribution is 2.24. The molecule has 2 rings (SSSR count). The average Bonchev–Trinajstić information content (AvgIpc) is 2.51. The topological polar surface area (TPSA) is 53.4 Å². The number of carbonyl (C=O) groups is 1. The van der Waals surface area contributed by atoms with Crippen LogP contribution in [0.2, 0.25) is 0 Å². The molecule has 2 atom stereocenters. The second kappa shape index (κ2) is 3.42. The van der Waals surface area contributed by atoms with Gasteiger partial charge in [0.25, 0.3) is 0 Å². The first-order chi connectivity index (χ1) is 6.70. The van der Waals surface area contributed by atoms with E-state index in [1.165, 1.54) is 7.11 Å². The summed E-state index contributed by atoms with van der Waals surface area (Å²) in [4.78, 5) is 11.0. The van der Waals surface area contributed by atoms with Crippen LogP contribution in [0.3, 0.4) is 0 Å². The SMILES string of the molecule is COC1C(=O)CC1Oc1cnn(C)c1. The highest BCUT2D eigenvalue weighted by atomic mass is 16.5. The van der Waals surface area contributed by atoms with Gasteiger partial charge in [-0.2, -0.15) is 5.10 Å². The van der Waals surface area contributed by atoms with Gasteiger partial charge in [-0.3, -0.25) is 9.48 Å². The molecule has 0 aromatic carbocycles. The standard InChI is InChI=1S/C9H12N2O3/c1-11-5-6(4-10-11)14-8-3-7(12)9(8)13-2/h4-5,8-9H,3H2,1-2H3. The van der Waals surface area contributed by atoms with Gasteiger partial charge in [0.1, 0.15) is 6.10 Å². The van der Waals surface area contributed by atoms with E-state index in [0.717, 1.165) is 0 Å². The first-order valence-electron chi connectivity index (χ1n) is 4.41. The Morgan fingerprint density at radius 1 is 1.64 bits per heavy atom. The van der Waals surface area contributed by atoms with Gasteiger partial charge in [0, 0.05) is 20.6 Å². The second-order valence-corrected chi connectivity index (χ2v) is 3.33. The van der Waals surface area contributed by atoms with Crippen molar-refractivity contribution in [2.24, 2.45) is 7.05 Å². The molecule has 5 heteroatoms. The lowest BCUT2D eigenvalue weighted by atomic mass is 9.90. The van der Waals surface area contributed by atoms with Gasteiger partial charge in [-0.25, -0.2) is 0 Å². The summed E-state index contributed by atoms with van der Waals surface area (Å²) in [6.45, 7) is 0. The number of aryl methyl sites for hydroxylation is 1. The Labute approximate surface area is 81.6 Å². The zero-order valence-corrected chi connectivity index (χ0v) is 8.14. The van der Waals surface area contributed by atoms with Gasteiger partial charge in [-0.1, -0.05) is 0 Å². The van der Waals surface area contributed by atoms with E-state index in [0.29, 0.717) is 12.2 Å². The van der Waals surface area contributed by atoms with Crippen molar-refractivity contribution >= 4 is 5.78 Å². The number of hydrogen-bond donors (Lipinski definition) is 0. The first-order valence-corrected chi connectivity index (χ1v) is 4.41. The molecule has 1 saturated carbocycles. The Balaban J connectivity index is 1.96. The van der Waals surface area contributed by atoms with Gasteiger partial charge in [0.05, 0.1) is 12.4 Å². The van der Waals surface area contributed by atoms with Crippen molar-refractivity contribution in [3.8, 4) is 5.75 Å². The number of nitrogens with zero attached hydrogens (tertiary/aromatic N) is 2. The molecule has 76 valence electrons. The second-order valence-electron chi connectivity index (χ2n) is 3.33. The van der Waals surface area contributed by atoms with Crippen molar-refractivity contribution in [1.29, 1.82) is 0 Å². The third-order valence-corrected chi connectivity index (χ3v) is 2.28. The third kappa shape index (κ3) is 1.50. The number of hydrogen-bond acceptors (Lipinski definition) is 4. The first kappa shape index (κ1) is 9.21. The van der Waals surface area contributed by atoms with Crippen molar-refractivity contribution in [3.05, 3.63) is 12.4 Å². The molecule has 0 bridgehead atoms. The number of methoxy groups -OCH3 is 1. The molecule has 2 unspecified atom stereocenters. The molecule has 0 aliphatic heterocycles. The van der Waals surface area contributed by atoms with E-state index in [1.54, 1.807) is 17.1 Å². The molecule has 0 radical (unpaired) electrons. The molecule has 1 aliphatic rings. The van der Waals surface area contributed by atoms with E-state index in [1.807, 2.05) is 7.05 Å². The quantitative estimate of drug-likeness (QED) is 0.690. The van der Waals surface area contributed by atoms with Gasteiger partial charge in [0.15, 0.2) is 17.6 Å². The summed E-state index contributed by atoms with van der Waals surface area (Å²) in [6, 6.07) is 0. The highest BCUT2D eigenvalue weighted by Gasteiger charge is 2.42. The molecule has 1 aliphatic carbocycles. The van der Waals surface area contributed by atoms with E-state index >= 15 is 0 Å². The Hall–Kier alpha value is -1.36. The van der Waals surface area contributed by atoms with Crippen molar-refractivity contribution in [2.45, 2.75) is 18.6 Å². The summed E-state index contributed by atoms with van der Waals surface area (Å²) in [6.07, 6.45) is 3.24. The summed E-state index contributed by atoms with van der Waals surface area (Å²) in [5.74, 6) is 0.772. The number of Topliss-reactive ketones (excluding diaryl/α,β-unsaturated/α-hetero) is 1. The van der Waals surface area contributed by atoms with Crippen LogP contribution >= 0.6 is 0 Å². The number of ketones is 1. The molecule has 1 fully saturated rings. The van der Waals surface area contributed by atoms with E-state index in [-0.39, 0.29) is 11.9 Å². The number of aromatic nitrogens is 2. The van der Waals surface area contributed by atoms with E-state index in [9.17, 15) is 4.79 Å². The fourth-order valence-corrected chi connectivity index (χ4v) is 1.49. The predicted molar refractivity (Wildman–Crippen MR) is 48.0 cm³/mol. The predicted octanol–water partition coefficient (Wildman–Crippen LogP) is 0.155. The van der Waals surface area contributed by atoms with E-state index in [4.69, 9.17) is 9.47 Å². The fourth-order valence-electron chi connectivity index (χ4n) is 1.49. The normalized spacial score (nSPS) is 26.0. The molecule has 0 N–H and O–H groups in total. The lowest BCUT2D eigenvalue weighted by molar-refractivity contribution is -0.150. The van der Waals surface area contributed by atoms with Gasteiger partial charge in [0.2, 0.25) is 0 Å². The summed E-state index contributed by atoms with van der Waals surface area (Å²) >= 11 is 0. The Morgan fingerprint density at radius 2 is 2.43 bits per heavy atom. The van der Waals surface area contributed by atoms with Crippen LogP contribution < -0.4 is 4.74 Å². The Morgan fingerprint density at radius 3 is 2.93 bits per heavy atom. The van der Waals surface area contributed by atoms with E-state index < -0.39 is 6.10 Å². The molecular formula is C9H12N2O3. The van der Waals surface area contributed by atoms with Crippen LogP contribution in [-0.4, -0.2) is 34.9 Å². The number of rotatable bonds is 3.